The first-order valence-electron chi connectivity index (χ1n) is 3.95. The molecule has 1 rings (SSSR count). The summed E-state index contributed by atoms with van der Waals surface area (Å²) in [6.45, 7) is 2.17. The Hall–Kier alpha value is -0.650. The van der Waals surface area contributed by atoms with Gasteiger partial charge in [0, 0.05) is 20.0 Å². The molecule has 0 aromatic rings. The summed E-state index contributed by atoms with van der Waals surface area (Å²) in [5, 5.41) is 24.0. The molecular formula is C7H14N2O3. The van der Waals surface area contributed by atoms with Crippen LogP contribution in [0.2, 0.25) is 0 Å². The smallest absolute Gasteiger partial charge is 0.217 e. The molecule has 1 amide bonds. The average molecular weight is 174 g/mol. The molecular weight excluding hydrogens is 160 g/mol. The third-order valence-electron chi connectivity index (χ3n) is 1.91. The van der Waals surface area contributed by atoms with Crippen LogP contribution in [0.5, 0.6) is 0 Å². The van der Waals surface area contributed by atoms with Crippen molar-refractivity contribution in [1.82, 2.24) is 10.6 Å². The molecule has 0 saturated carbocycles. The summed E-state index contributed by atoms with van der Waals surface area (Å²) in [7, 11) is 0. The van der Waals surface area contributed by atoms with Gasteiger partial charge in [0.05, 0.1) is 18.2 Å². The molecule has 70 valence electrons. The molecule has 1 fully saturated rings. The second kappa shape index (κ2) is 3.84. The second-order valence-corrected chi connectivity index (χ2v) is 3.02. The molecule has 0 radical (unpaired) electrons. The van der Waals surface area contributed by atoms with E-state index in [1.165, 1.54) is 6.92 Å². The van der Waals surface area contributed by atoms with Gasteiger partial charge in [-0.2, -0.15) is 0 Å². The molecule has 0 unspecified atom stereocenters. The van der Waals surface area contributed by atoms with Gasteiger partial charge in [-0.25, -0.2) is 0 Å². The van der Waals surface area contributed by atoms with E-state index in [2.05, 4.69) is 10.6 Å². The van der Waals surface area contributed by atoms with Gasteiger partial charge in [-0.1, -0.05) is 0 Å². The average Bonchev–Trinajstić information content (AvgIpc) is 1.97. The first-order chi connectivity index (χ1) is 5.61. The number of carbonyl (C=O) groups excluding carboxylic acids is 1. The van der Waals surface area contributed by atoms with Crippen LogP contribution in [0.4, 0.5) is 0 Å². The highest BCUT2D eigenvalue weighted by molar-refractivity contribution is 5.73. The first kappa shape index (κ1) is 9.44. The summed E-state index contributed by atoms with van der Waals surface area (Å²) in [6.07, 6.45) is -1.42. The lowest BCUT2D eigenvalue weighted by Crippen LogP contribution is -2.60. The fourth-order valence-electron chi connectivity index (χ4n) is 1.32. The number of rotatable bonds is 1. The minimum atomic E-state index is -0.711. The van der Waals surface area contributed by atoms with E-state index < -0.39 is 18.2 Å². The maximum Gasteiger partial charge on any atom is 0.217 e. The van der Waals surface area contributed by atoms with Crippen molar-refractivity contribution in [1.29, 1.82) is 0 Å². The van der Waals surface area contributed by atoms with Crippen LogP contribution in [-0.2, 0) is 4.79 Å². The van der Waals surface area contributed by atoms with Crippen molar-refractivity contribution >= 4 is 5.91 Å². The molecule has 1 aliphatic rings. The zero-order chi connectivity index (χ0) is 9.14. The summed E-state index contributed by atoms with van der Waals surface area (Å²) in [4.78, 5) is 10.6. The minimum Gasteiger partial charge on any atom is -0.390 e. The van der Waals surface area contributed by atoms with Gasteiger partial charge in [0.15, 0.2) is 0 Å². The molecule has 0 spiro atoms. The van der Waals surface area contributed by atoms with Crippen molar-refractivity contribution in [3.63, 3.8) is 0 Å². The van der Waals surface area contributed by atoms with Crippen LogP contribution in [0.15, 0.2) is 0 Å². The van der Waals surface area contributed by atoms with Crippen molar-refractivity contribution in [3.05, 3.63) is 0 Å². The molecule has 2 atom stereocenters. The van der Waals surface area contributed by atoms with Gasteiger partial charge in [0.2, 0.25) is 5.91 Å². The zero-order valence-electron chi connectivity index (χ0n) is 6.95. The predicted octanol–water partition coefficient (Wildman–Crippen LogP) is -2.18. The SMILES string of the molecule is CC(=O)NC1[C@H](O)CNC[C@H]1O. The van der Waals surface area contributed by atoms with E-state index in [4.69, 9.17) is 0 Å². The van der Waals surface area contributed by atoms with Gasteiger partial charge in [0.25, 0.3) is 0 Å². The highest BCUT2D eigenvalue weighted by Gasteiger charge is 2.30. The van der Waals surface area contributed by atoms with Crippen molar-refractivity contribution in [2.45, 2.75) is 25.2 Å². The summed E-state index contributed by atoms with van der Waals surface area (Å²) in [5.74, 6) is -0.236. The van der Waals surface area contributed by atoms with Gasteiger partial charge < -0.3 is 20.8 Å². The van der Waals surface area contributed by atoms with Crippen molar-refractivity contribution < 1.29 is 15.0 Å². The Labute approximate surface area is 70.8 Å². The van der Waals surface area contributed by atoms with Crippen LogP contribution in [0.3, 0.4) is 0 Å². The monoisotopic (exact) mass is 174 g/mol. The zero-order valence-corrected chi connectivity index (χ0v) is 6.95. The minimum absolute atomic E-state index is 0.236. The van der Waals surface area contributed by atoms with Crippen LogP contribution in [-0.4, -0.2) is 47.5 Å². The standard InChI is InChI=1S/C7H14N2O3/c1-4(10)9-7-5(11)2-8-3-6(7)12/h5-8,11-12H,2-3H2,1H3,(H,9,10)/t5-,6-/m1/s1. The Morgan fingerprint density at radius 2 is 1.92 bits per heavy atom. The number of carbonyl (C=O) groups is 1. The lowest BCUT2D eigenvalue weighted by molar-refractivity contribution is -0.122. The van der Waals surface area contributed by atoms with Crippen molar-refractivity contribution in [2.75, 3.05) is 13.1 Å². The molecule has 5 heteroatoms. The third kappa shape index (κ3) is 2.17. The number of piperidine rings is 1. The first-order valence-corrected chi connectivity index (χ1v) is 3.95. The summed E-state index contributed by atoms with van der Waals surface area (Å²) in [6, 6.07) is -0.538. The van der Waals surface area contributed by atoms with Crippen LogP contribution < -0.4 is 10.6 Å². The molecule has 1 heterocycles. The van der Waals surface area contributed by atoms with Crippen LogP contribution in [0.1, 0.15) is 6.92 Å². The Morgan fingerprint density at radius 1 is 1.42 bits per heavy atom. The number of hydrogen-bond donors (Lipinski definition) is 4. The largest absolute Gasteiger partial charge is 0.390 e. The van der Waals surface area contributed by atoms with Gasteiger partial charge >= 0.3 is 0 Å². The molecule has 1 saturated heterocycles. The van der Waals surface area contributed by atoms with Crippen molar-refractivity contribution in [3.8, 4) is 0 Å². The lowest BCUT2D eigenvalue weighted by Gasteiger charge is -2.33. The predicted molar refractivity (Wildman–Crippen MR) is 42.5 cm³/mol. The van der Waals surface area contributed by atoms with E-state index in [1.54, 1.807) is 0 Å². The van der Waals surface area contributed by atoms with E-state index in [0.29, 0.717) is 13.1 Å². The highest BCUT2D eigenvalue weighted by atomic mass is 16.3. The normalized spacial score (nSPS) is 31.6. The quantitative estimate of drug-likeness (QED) is 0.364. The number of β-amino-alcohol motifs (C(OH)–C–C–N with tert-alkyl or cyclic N) is 2. The fourth-order valence-corrected chi connectivity index (χ4v) is 1.32. The molecule has 5 nitrogen and oxygen atoms in total. The second-order valence-electron chi connectivity index (χ2n) is 3.02. The molecule has 0 aromatic carbocycles. The fraction of sp³-hybridized carbons (Fsp3) is 0.857. The molecule has 4 N–H and O–H groups in total. The van der Waals surface area contributed by atoms with E-state index in [0.717, 1.165) is 0 Å². The van der Waals surface area contributed by atoms with E-state index in [9.17, 15) is 15.0 Å². The third-order valence-corrected chi connectivity index (χ3v) is 1.91. The number of aliphatic hydroxyl groups is 2. The van der Waals surface area contributed by atoms with Gasteiger partial charge in [0.1, 0.15) is 0 Å². The van der Waals surface area contributed by atoms with E-state index in [1.807, 2.05) is 0 Å². The number of aliphatic hydroxyl groups excluding tert-OH is 2. The van der Waals surface area contributed by atoms with Crippen LogP contribution in [0.25, 0.3) is 0 Å². The van der Waals surface area contributed by atoms with Crippen LogP contribution >= 0.6 is 0 Å². The molecule has 12 heavy (non-hydrogen) atoms. The highest BCUT2D eigenvalue weighted by Crippen LogP contribution is 2.04. The van der Waals surface area contributed by atoms with Crippen LogP contribution in [0, 0.1) is 0 Å². The topological polar surface area (TPSA) is 81.6 Å². The van der Waals surface area contributed by atoms with Gasteiger partial charge in [-0.3, -0.25) is 4.79 Å². The summed E-state index contributed by atoms with van der Waals surface area (Å²) >= 11 is 0. The lowest BCUT2D eigenvalue weighted by atomic mass is 10.0. The molecule has 1 aliphatic heterocycles. The van der Waals surface area contributed by atoms with Crippen molar-refractivity contribution in [2.24, 2.45) is 0 Å². The molecule has 0 aliphatic carbocycles. The van der Waals surface area contributed by atoms with E-state index in [-0.39, 0.29) is 5.91 Å². The van der Waals surface area contributed by atoms with E-state index >= 15 is 0 Å². The number of amides is 1. The molecule has 0 bridgehead atoms. The van der Waals surface area contributed by atoms with Gasteiger partial charge in [-0.05, 0) is 0 Å². The number of nitrogens with one attached hydrogen (secondary N) is 2. The Balaban J connectivity index is 2.50. The molecule has 0 aromatic heterocycles. The van der Waals surface area contributed by atoms with Gasteiger partial charge in [-0.15, -0.1) is 0 Å². The maximum absolute atomic E-state index is 10.6. The maximum atomic E-state index is 10.6. The summed E-state index contributed by atoms with van der Waals surface area (Å²) < 4.78 is 0. The summed E-state index contributed by atoms with van der Waals surface area (Å²) in [5.41, 5.74) is 0. The Bertz CT molecular complexity index is 164. The Morgan fingerprint density at radius 3 is 2.33 bits per heavy atom. The number of hydrogen-bond acceptors (Lipinski definition) is 4. The Kier molecular flexibility index (Phi) is 3.02.